The molecule has 0 N–H and O–H groups in total. The van der Waals surface area contributed by atoms with E-state index in [1.54, 1.807) is 6.20 Å². The molecule has 0 aromatic rings. The molecule has 1 aliphatic rings. The van der Waals surface area contributed by atoms with E-state index < -0.39 is 0 Å². The Labute approximate surface area is 58.0 Å². The standard InChI is InChI=1S/C5H4ClN3/c6-9-2-1-8-5(3-7)4-9/h1-2H,4H2. The quantitative estimate of drug-likeness (QED) is 0.470. The molecule has 0 saturated heterocycles. The van der Waals surface area contributed by atoms with Crippen molar-refractivity contribution >= 4 is 17.5 Å². The number of rotatable bonds is 0. The van der Waals surface area contributed by atoms with Crippen molar-refractivity contribution in [1.29, 1.82) is 5.26 Å². The fraction of sp³-hybridized carbons (Fsp3) is 0.200. The smallest absolute Gasteiger partial charge is 0.138 e. The summed E-state index contributed by atoms with van der Waals surface area (Å²) in [6.07, 6.45) is 3.09. The van der Waals surface area contributed by atoms with E-state index in [4.69, 9.17) is 17.0 Å². The number of hydrogen-bond donors (Lipinski definition) is 0. The molecule has 0 aromatic carbocycles. The molecule has 1 rings (SSSR count). The van der Waals surface area contributed by atoms with Crippen LogP contribution in [0.25, 0.3) is 0 Å². The van der Waals surface area contributed by atoms with Gasteiger partial charge >= 0.3 is 0 Å². The minimum Gasteiger partial charge on any atom is -0.284 e. The molecule has 1 heterocycles. The first-order chi connectivity index (χ1) is 4.33. The Morgan fingerprint density at radius 1 is 1.89 bits per heavy atom. The molecule has 1 aliphatic heterocycles. The van der Waals surface area contributed by atoms with Gasteiger partial charge in [-0.1, -0.05) is 0 Å². The lowest BCUT2D eigenvalue weighted by atomic mass is 10.4. The van der Waals surface area contributed by atoms with Crippen LogP contribution in [0.5, 0.6) is 0 Å². The van der Waals surface area contributed by atoms with Crippen LogP contribution in [0.1, 0.15) is 0 Å². The van der Waals surface area contributed by atoms with E-state index in [0.717, 1.165) is 0 Å². The molecule has 3 nitrogen and oxygen atoms in total. The van der Waals surface area contributed by atoms with Crippen LogP contribution < -0.4 is 0 Å². The summed E-state index contributed by atoms with van der Waals surface area (Å²) in [6.45, 7) is 0.397. The third kappa shape index (κ3) is 1.44. The van der Waals surface area contributed by atoms with Gasteiger partial charge in [0.2, 0.25) is 0 Å². The van der Waals surface area contributed by atoms with Gasteiger partial charge in [-0.05, 0) is 0 Å². The van der Waals surface area contributed by atoms with E-state index in [2.05, 4.69) is 4.99 Å². The average Bonchev–Trinajstić information content (AvgIpc) is 1.88. The van der Waals surface area contributed by atoms with Crippen molar-refractivity contribution in [3.8, 4) is 6.07 Å². The lowest BCUT2D eigenvalue weighted by Crippen LogP contribution is -2.17. The lowest BCUT2D eigenvalue weighted by Gasteiger charge is -2.10. The number of aliphatic imine (C=N–C) groups is 1. The normalized spacial score (nSPS) is 16.9. The Morgan fingerprint density at radius 3 is 3.11 bits per heavy atom. The summed E-state index contributed by atoms with van der Waals surface area (Å²) in [5, 5.41) is 8.31. The third-order valence-electron chi connectivity index (χ3n) is 0.889. The second-order valence-electron chi connectivity index (χ2n) is 1.54. The van der Waals surface area contributed by atoms with E-state index >= 15 is 0 Å². The van der Waals surface area contributed by atoms with Gasteiger partial charge in [-0.15, -0.1) is 0 Å². The van der Waals surface area contributed by atoms with Crippen molar-refractivity contribution < 1.29 is 0 Å². The molecule has 4 heteroatoms. The maximum Gasteiger partial charge on any atom is 0.138 e. The largest absolute Gasteiger partial charge is 0.284 e. The van der Waals surface area contributed by atoms with Gasteiger partial charge in [0, 0.05) is 24.2 Å². The van der Waals surface area contributed by atoms with Gasteiger partial charge in [0.25, 0.3) is 0 Å². The molecule has 0 saturated carbocycles. The predicted octanol–water partition coefficient (Wildman–Crippen LogP) is 0.892. The molecule has 0 amide bonds. The Bertz CT molecular complexity index is 201. The summed E-state index contributed by atoms with van der Waals surface area (Å²) in [5.41, 5.74) is 0.438. The molecule has 0 aliphatic carbocycles. The molecule has 0 aromatic heterocycles. The molecular formula is C5H4ClN3. The zero-order valence-electron chi connectivity index (χ0n) is 4.58. The van der Waals surface area contributed by atoms with Crippen LogP contribution in [0.4, 0.5) is 0 Å². The first-order valence-electron chi connectivity index (χ1n) is 2.39. The summed E-state index contributed by atoms with van der Waals surface area (Å²) in [7, 11) is 0. The highest BCUT2D eigenvalue weighted by Gasteiger charge is 2.03. The van der Waals surface area contributed by atoms with Crippen LogP contribution >= 0.6 is 11.8 Å². The van der Waals surface area contributed by atoms with Crippen LogP contribution in [0, 0.1) is 11.3 Å². The average molecular weight is 142 g/mol. The predicted molar refractivity (Wildman–Crippen MR) is 34.7 cm³/mol. The first-order valence-corrected chi connectivity index (χ1v) is 2.72. The highest BCUT2D eigenvalue weighted by atomic mass is 35.5. The number of halogens is 1. The molecule has 9 heavy (non-hydrogen) atoms. The molecule has 0 fully saturated rings. The lowest BCUT2D eigenvalue weighted by molar-refractivity contribution is 0.687. The summed E-state index contributed by atoms with van der Waals surface area (Å²) in [5.74, 6) is 0. The molecule has 0 spiro atoms. The number of hydrogen-bond acceptors (Lipinski definition) is 3. The van der Waals surface area contributed by atoms with Gasteiger partial charge in [0.1, 0.15) is 11.8 Å². The fourth-order valence-electron chi connectivity index (χ4n) is 0.496. The van der Waals surface area contributed by atoms with Crippen LogP contribution in [-0.4, -0.2) is 16.7 Å². The Hall–Kier alpha value is -1.01. The molecule has 0 unspecified atom stereocenters. The highest BCUT2D eigenvalue weighted by molar-refractivity contribution is 6.16. The van der Waals surface area contributed by atoms with Crippen molar-refractivity contribution in [2.24, 2.45) is 4.99 Å². The monoisotopic (exact) mass is 141 g/mol. The zero-order valence-corrected chi connectivity index (χ0v) is 5.34. The maximum atomic E-state index is 8.31. The van der Waals surface area contributed by atoms with E-state index in [-0.39, 0.29) is 0 Å². The van der Waals surface area contributed by atoms with Crippen LogP contribution in [0.3, 0.4) is 0 Å². The molecule has 46 valence electrons. The van der Waals surface area contributed by atoms with Crippen LogP contribution in [0.15, 0.2) is 17.4 Å². The fourth-order valence-corrected chi connectivity index (χ4v) is 0.660. The summed E-state index contributed by atoms with van der Waals surface area (Å²) < 4.78 is 1.38. The Balaban J connectivity index is 2.69. The molecule has 0 bridgehead atoms. The highest BCUT2D eigenvalue weighted by Crippen LogP contribution is 2.01. The van der Waals surface area contributed by atoms with Crippen LogP contribution in [0.2, 0.25) is 0 Å². The van der Waals surface area contributed by atoms with Gasteiger partial charge in [0.15, 0.2) is 0 Å². The summed E-state index contributed by atoms with van der Waals surface area (Å²) >= 11 is 5.50. The second-order valence-corrected chi connectivity index (χ2v) is 1.98. The van der Waals surface area contributed by atoms with Crippen molar-refractivity contribution in [3.63, 3.8) is 0 Å². The number of nitriles is 1. The van der Waals surface area contributed by atoms with Gasteiger partial charge in [-0.2, -0.15) is 5.26 Å². The van der Waals surface area contributed by atoms with Gasteiger partial charge in [0.05, 0.1) is 6.54 Å². The first kappa shape index (κ1) is 6.12. The van der Waals surface area contributed by atoms with E-state index in [0.29, 0.717) is 12.3 Å². The zero-order chi connectivity index (χ0) is 6.69. The second kappa shape index (κ2) is 2.51. The van der Waals surface area contributed by atoms with E-state index in [1.165, 1.54) is 10.6 Å². The topological polar surface area (TPSA) is 39.4 Å². The van der Waals surface area contributed by atoms with E-state index in [9.17, 15) is 0 Å². The van der Waals surface area contributed by atoms with Crippen molar-refractivity contribution in [2.75, 3.05) is 6.54 Å². The maximum absolute atomic E-state index is 8.31. The van der Waals surface area contributed by atoms with Gasteiger partial charge < -0.3 is 0 Å². The third-order valence-corrected chi connectivity index (χ3v) is 1.12. The SMILES string of the molecule is N#CC1=NC=CN(Cl)C1. The molecule has 0 atom stereocenters. The number of nitrogens with zero attached hydrogens (tertiary/aromatic N) is 3. The Morgan fingerprint density at radius 2 is 2.67 bits per heavy atom. The van der Waals surface area contributed by atoms with Crippen molar-refractivity contribution in [2.45, 2.75) is 0 Å². The minimum absolute atomic E-state index is 0.397. The molecule has 0 radical (unpaired) electrons. The van der Waals surface area contributed by atoms with E-state index in [1.807, 2.05) is 6.07 Å². The summed E-state index contributed by atoms with van der Waals surface area (Å²) in [6, 6.07) is 1.91. The van der Waals surface area contributed by atoms with Gasteiger partial charge in [-0.25, -0.2) is 4.99 Å². The van der Waals surface area contributed by atoms with Gasteiger partial charge in [-0.3, -0.25) is 4.42 Å². The summed E-state index contributed by atoms with van der Waals surface area (Å²) in [4.78, 5) is 3.75. The van der Waals surface area contributed by atoms with Crippen LogP contribution in [-0.2, 0) is 0 Å². The van der Waals surface area contributed by atoms with Crippen molar-refractivity contribution in [1.82, 2.24) is 4.42 Å². The minimum atomic E-state index is 0.397. The van der Waals surface area contributed by atoms with Crippen molar-refractivity contribution in [3.05, 3.63) is 12.4 Å². The molecular weight excluding hydrogens is 138 g/mol. The Kier molecular flexibility index (Phi) is 1.71.